The number of nitro groups is 1. The highest BCUT2D eigenvalue weighted by molar-refractivity contribution is 6.01. The second kappa shape index (κ2) is 8.93. The molecule has 1 atom stereocenters. The molecule has 0 radical (unpaired) electrons. The van der Waals surface area contributed by atoms with Crippen LogP contribution in [0.25, 0.3) is 0 Å². The molecule has 7 nitrogen and oxygen atoms in total. The van der Waals surface area contributed by atoms with E-state index in [-0.39, 0.29) is 17.5 Å². The maximum atomic E-state index is 12.7. The fourth-order valence-electron chi connectivity index (χ4n) is 2.69. The van der Waals surface area contributed by atoms with E-state index in [1.807, 2.05) is 32.9 Å². The number of benzene rings is 2. The lowest BCUT2D eigenvalue weighted by atomic mass is 10.0. The first kappa shape index (κ1) is 20.1. The Kier molecular flexibility index (Phi) is 6.65. The van der Waals surface area contributed by atoms with Gasteiger partial charge < -0.3 is 10.6 Å². The number of rotatable bonds is 7. The average Bonchev–Trinajstić information content (AvgIpc) is 2.61. The van der Waals surface area contributed by atoms with Crippen molar-refractivity contribution in [2.45, 2.75) is 33.2 Å². The van der Waals surface area contributed by atoms with Crippen molar-refractivity contribution in [3.8, 4) is 0 Å². The number of aryl methyl sites for hydroxylation is 1. The summed E-state index contributed by atoms with van der Waals surface area (Å²) < 4.78 is 0. The SMILES string of the molecule is Cc1ccccc1C(=O)N[C@H](CC(C)C)C(=O)Nc1cccc([N+](=O)[O-])c1. The number of anilines is 1. The minimum atomic E-state index is -0.753. The van der Waals surface area contributed by atoms with E-state index in [4.69, 9.17) is 0 Å². The number of nitrogens with zero attached hydrogens (tertiary/aromatic N) is 1. The summed E-state index contributed by atoms with van der Waals surface area (Å²) in [5.41, 5.74) is 1.53. The minimum Gasteiger partial charge on any atom is -0.340 e. The van der Waals surface area contributed by atoms with E-state index in [2.05, 4.69) is 10.6 Å². The second-order valence-electron chi connectivity index (χ2n) is 6.77. The van der Waals surface area contributed by atoms with Crippen LogP contribution in [0.1, 0.15) is 36.2 Å². The summed E-state index contributed by atoms with van der Waals surface area (Å²) in [7, 11) is 0. The van der Waals surface area contributed by atoms with Gasteiger partial charge in [-0.3, -0.25) is 19.7 Å². The number of amides is 2. The van der Waals surface area contributed by atoms with E-state index in [1.165, 1.54) is 18.2 Å². The lowest BCUT2D eigenvalue weighted by Gasteiger charge is -2.20. The molecule has 7 heteroatoms. The van der Waals surface area contributed by atoms with Crippen LogP contribution in [0.15, 0.2) is 48.5 Å². The molecule has 0 aromatic heterocycles. The maximum absolute atomic E-state index is 12.7. The van der Waals surface area contributed by atoms with Crippen molar-refractivity contribution in [2.75, 3.05) is 5.32 Å². The number of carbonyl (C=O) groups excluding carboxylic acids is 2. The lowest BCUT2D eigenvalue weighted by molar-refractivity contribution is -0.384. The summed E-state index contributed by atoms with van der Waals surface area (Å²) in [6, 6.07) is 12.1. The van der Waals surface area contributed by atoms with Gasteiger partial charge in [-0.1, -0.05) is 38.1 Å². The quantitative estimate of drug-likeness (QED) is 0.574. The summed E-state index contributed by atoms with van der Waals surface area (Å²) in [4.78, 5) is 35.6. The second-order valence-corrected chi connectivity index (χ2v) is 6.77. The van der Waals surface area contributed by atoms with Crippen LogP contribution in [0.4, 0.5) is 11.4 Å². The minimum absolute atomic E-state index is 0.114. The zero-order valence-electron chi connectivity index (χ0n) is 15.6. The molecule has 2 N–H and O–H groups in total. The average molecular weight is 369 g/mol. The van der Waals surface area contributed by atoms with Crippen molar-refractivity contribution in [3.05, 3.63) is 69.8 Å². The molecule has 2 amide bonds. The zero-order valence-corrected chi connectivity index (χ0v) is 15.6. The predicted molar refractivity (Wildman–Crippen MR) is 104 cm³/mol. The highest BCUT2D eigenvalue weighted by Gasteiger charge is 2.23. The standard InChI is InChI=1S/C20H23N3O4/c1-13(2)11-18(22-19(24)17-10-5-4-7-14(17)3)20(25)21-15-8-6-9-16(12-15)23(26)27/h4-10,12-13,18H,11H2,1-3H3,(H,21,25)(H,22,24)/t18-/m1/s1. The first-order chi connectivity index (χ1) is 12.8. The van der Waals surface area contributed by atoms with Crippen LogP contribution in [-0.4, -0.2) is 22.8 Å². The number of non-ortho nitro benzene ring substituents is 1. The summed E-state index contributed by atoms with van der Waals surface area (Å²) >= 11 is 0. The molecule has 2 aromatic carbocycles. The Morgan fingerprint density at radius 3 is 2.44 bits per heavy atom. The Morgan fingerprint density at radius 2 is 1.81 bits per heavy atom. The van der Waals surface area contributed by atoms with Gasteiger partial charge in [-0.25, -0.2) is 0 Å². The smallest absolute Gasteiger partial charge is 0.271 e. The van der Waals surface area contributed by atoms with E-state index in [1.54, 1.807) is 18.2 Å². The van der Waals surface area contributed by atoms with Gasteiger partial charge >= 0.3 is 0 Å². The van der Waals surface area contributed by atoms with Gasteiger partial charge in [0.15, 0.2) is 0 Å². The van der Waals surface area contributed by atoms with Gasteiger partial charge in [0, 0.05) is 23.4 Å². The fourth-order valence-corrected chi connectivity index (χ4v) is 2.69. The third-order valence-electron chi connectivity index (χ3n) is 4.04. The highest BCUT2D eigenvalue weighted by Crippen LogP contribution is 2.18. The van der Waals surface area contributed by atoms with Gasteiger partial charge in [-0.15, -0.1) is 0 Å². The molecule has 0 aliphatic rings. The van der Waals surface area contributed by atoms with Crippen LogP contribution in [-0.2, 0) is 4.79 Å². The fraction of sp³-hybridized carbons (Fsp3) is 0.300. The van der Waals surface area contributed by atoms with Crippen LogP contribution in [0.5, 0.6) is 0 Å². The molecule has 0 fully saturated rings. The number of nitrogens with one attached hydrogen (secondary N) is 2. The van der Waals surface area contributed by atoms with Gasteiger partial charge in [0.25, 0.3) is 11.6 Å². The largest absolute Gasteiger partial charge is 0.340 e. The van der Waals surface area contributed by atoms with E-state index >= 15 is 0 Å². The molecule has 2 rings (SSSR count). The van der Waals surface area contributed by atoms with E-state index in [0.717, 1.165) is 5.56 Å². The Hall–Kier alpha value is -3.22. The first-order valence-corrected chi connectivity index (χ1v) is 8.69. The molecule has 142 valence electrons. The number of nitro benzene ring substituents is 1. The Balaban J connectivity index is 2.16. The van der Waals surface area contributed by atoms with Gasteiger partial charge in [-0.05, 0) is 37.0 Å². The normalized spacial score (nSPS) is 11.7. The molecule has 0 heterocycles. The Bertz CT molecular complexity index is 849. The summed E-state index contributed by atoms with van der Waals surface area (Å²) in [5.74, 6) is -0.567. The van der Waals surface area contributed by atoms with Crippen LogP contribution < -0.4 is 10.6 Å². The number of hydrogen-bond donors (Lipinski definition) is 2. The topological polar surface area (TPSA) is 101 Å². The highest BCUT2D eigenvalue weighted by atomic mass is 16.6. The zero-order chi connectivity index (χ0) is 20.0. The molecular weight excluding hydrogens is 346 g/mol. The van der Waals surface area contributed by atoms with Crippen LogP contribution in [0.3, 0.4) is 0 Å². The monoisotopic (exact) mass is 369 g/mol. The lowest BCUT2D eigenvalue weighted by Crippen LogP contribution is -2.44. The van der Waals surface area contributed by atoms with Gasteiger partial charge in [0.05, 0.1) is 4.92 Å². The van der Waals surface area contributed by atoms with E-state index in [0.29, 0.717) is 17.7 Å². The van der Waals surface area contributed by atoms with Gasteiger partial charge in [-0.2, -0.15) is 0 Å². The summed E-state index contributed by atoms with van der Waals surface area (Å²) in [6.45, 7) is 5.73. The molecule has 2 aromatic rings. The van der Waals surface area contributed by atoms with Crippen molar-refractivity contribution >= 4 is 23.2 Å². The molecule has 0 spiro atoms. The number of hydrogen-bond acceptors (Lipinski definition) is 4. The third-order valence-corrected chi connectivity index (χ3v) is 4.04. The molecule has 0 aliphatic heterocycles. The third kappa shape index (κ3) is 5.64. The van der Waals surface area contributed by atoms with Crippen LogP contribution >= 0.6 is 0 Å². The molecule has 0 unspecified atom stereocenters. The Labute approximate surface area is 157 Å². The maximum Gasteiger partial charge on any atom is 0.271 e. The Morgan fingerprint density at radius 1 is 1.11 bits per heavy atom. The molecule has 0 saturated carbocycles. The molecule has 0 aliphatic carbocycles. The van der Waals surface area contributed by atoms with Crippen molar-refractivity contribution in [2.24, 2.45) is 5.92 Å². The molecule has 27 heavy (non-hydrogen) atoms. The van der Waals surface area contributed by atoms with Crippen molar-refractivity contribution < 1.29 is 14.5 Å². The van der Waals surface area contributed by atoms with Crippen molar-refractivity contribution in [1.29, 1.82) is 0 Å². The van der Waals surface area contributed by atoms with Crippen LogP contribution in [0.2, 0.25) is 0 Å². The van der Waals surface area contributed by atoms with E-state index in [9.17, 15) is 19.7 Å². The van der Waals surface area contributed by atoms with Gasteiger partial charge in [0.1, 0.15) is 6.04 Å². The van der Waals surface area contributed by atoms with Crippen molar-refractivity contribution in [3.63, 3.8) is 0 Å². The van der Waals surface area contributed by atoms with Gasteiger partial charge in [0.2, 0.25) is 5.91 Å². The molecule has 0 bridgehead atoms. The van der Waals surface area contributed by atoms with E-state index < -0.39 is 16.9 Å². The predicted octanol–water partition coefficient (Wildman–Crippen LogP) is 3.69. The van der Waals surface area contributed by atoms with Crippen molar-refractivity contribution in [1.82, 2.24) is 5.32 Å². The summed E-state index contributed by atoms with van der Waals surface area (Å²) in [6.07, 6.45) is 0.443. The van der Waals surface area contributed by atoms with Crippen LogP contribution in [0, 0.1) is 23.0 Å². The molecular formula is C20H23N3O4. The number of carbonyl (C=O) groups is 2. The summed E-state index contributed by atoms with van der Waals surface area (Å²) in [5, 5.41) is 16.3. The first-order valence-electron chi connectivity index (χ1n) is 8.69. The molecule has 0 saturated heterocycles.